The minimum atomic E-state index is -0.651. The third kappa shape index (κ3) is 8.81. The number of hydrogen-bond acceptors (Lipinski definition) is 4. The van der Waals surface area contributed by atoms with Crippen molar-refractivity contribution in [3.05, 3.63) is 0 Å². The van der Waals surface area contributed by atoms with Gasteiger partial charge in [0.2, 0.25) is 0 Å². The molecule has 0 heterocycles. The maximum Gasteiger partial charge on any atom is 0.0895 e. The highest BCUT2D eigenvalue weighted by Gasteiger charge is 2.13. The van der Waals surface area contributed by atoms with Crippen molar-refractivity contribution in [2.24, 2.45) is 5.92 Å². The average molecular weight is 218 g/mol. The molecule has 0 saturated carbocycles. The summed E-state index contributed by atoms with van der Waals surface area (Å²) in [6.45, 7) is 5.61. The fourth-order valence-corrected chi connectivity index (χ4v) is 1.60. The number of aliphatic hydroxyl groups excluding tert-OH is 2. The van der Waals surface area contributed by atoms with Gasteiger partial charge in [-0.15, -0.1) is 0 Å². The van der Waals surface area contributed by atoms with Crippen molar-refractivity contribution < 1.29 is 10.2 Å². The number of likely N-dealkylation sites (N-methyl/N-ethyl adjacent to an activating group) is 1. The minimum absolute atomic E-state index is 0.177. The van der Waals surface area contributed by atoms with E-state index in [9.17, 15) is 5.11 Å². The van der Waals surface area contributed by atoms with Crippen LogP contribution in [0.4, 0.5) is 0 Å². The Kier molecular flexibility index (Phi) is 7.96. The molecule has 2 atom stereocenters. The van der Waals surface area contributed by atoms with Crippen LogP contribution in [0.15, 0.2) is 0 Å². The van der Waals surface area contributed by atoms with Crippen molar-refractivity contribution in [3.8, 4) is 0 Å². The summed E-state index contributed by atoms with van der Waals surface area (Å²) in [6.07, 6.45) is 0.429. The van der Waals surface area contributed by atoms with Crippen molar-refractivity contribution in [1.29, 1.82) is 0 Å². The first-order valence-electron chi connectivity index (χ1n) is 5.62. The van der Waals surface area contributed by atoms with Crippen molar-refractivity contribution >= 4 is 0 Å². The molecular weight excluding hydrogens is 192 g/mol. The van der Waals surface area contributed by atoms with Gasteiger partial charge in [0, 0.05) is 19.1 Å². The van der Waals surface area contributed by atoms with Gasteiger partial charge in [-0.1, -0.05) is 13.8 Å². The van der Waals surface area contributed by atoms with Crippen molar-refractivity contribution in [1.82, 2.24) is 10.2 Å². The zero-order valence-electron chi connectivity index (χ0n) is 10.4. The molecule has 4 nitrogen and oxygen atoms in total. The Bertz CT molecular complexity index is 142. The summed E-state index contributed by atoms with van der Waals surface area (Å²) in [6, 6.07) is 0.376. The third-order valence-electron chi connectivity index (χ3n) is 2.19. The zero-order valence-corrected chi connectivity index (χ0v) is 10.4. The van der Waals surface area contributed by atoms with E-state index in [1.165, 1.54) is 0 Å². The molecule has 0 aromatic rings. The summed E-state index contributed by atoms with van der Waals surface area (Å²) in [4.78, 5) is 2.13. The van der Waals surface area contributed by atoms with Crippen molar-refractivity contribution in [3.63, 3.8) is 0 Å². The van der Waals surface area contributed by atoms with Gasteiger partial charge in [0.05, 0.1) is 12.7 Å². The quantitative estimate of drug-likeness (QED) is 0.533. The van der Waals surface area contributed by atoms with Crippen LogP contribution in [0.25, 0.3) is 0 Å². The Hall–Kier alpha value is -0.160. The second-order valence-electron chi connectivity index (χ2n) is 4.83. The number of nitrogens with one attached hydrogen (secondary N) is 1. The summed E-state index contributed by atoms with van der Waals surface area (Å²) in [5.41, 5.74) is 0. The van der Waals surface area contributed by atoms with Gasteiger partial charge in [0.15, 0.2) is 0 Å². The molecule has 0 spiro atoms. The van der Waals surface area contributed by atoms with Gasteiger partial charge in [0.25, 0.3) is 0 Å². The highest BCUT2D eigenvalue weighted by molar-refractivity contribution is 4.73. The monoisotopic (exact) mass is 218 g/mol. The van der Waals surface area contributed by atoms with E-state index < -0.39 is 6.10 Å². The highest BCUT2D eigenvalue weighted by atomic mass is 16.3. The number of rotatable bonds is 8. The summed E-state index contributed by atoms with van der Waals surface area (Å²) in [5, 5.41) is 21.2. The average Bonchev–Trinajstić information content (AvgIpc) is 2.11. The van der Waals surface area contributed by atoms with E-state index in [1.54, 1.807) is 0 Å². The molecule has 3 N–H and O–H groups in total. The van der Waals surface area contributed by atoms with E-state index in [2.05, 4.69) is 24.1 Å². The molecule has 15 heavy (non-hydrogen) atoms. The Labute approximate surface area is 93.3 Å². The molecule has 0 radical (unpaired) electrons. The normalized spacial score (nSPS) is 16.0. The van der Waals surface area contributed by atoms with Crippen LogP contribution in [-0.4, -0.2) is 61.1 Å². The SMILES string of the molecule is CC(C)CC(CN(C)C)NCC(O)CO. The standard InChI is InChI=1S/C11H26N2O2/c1-9(2)5-10(7-13(3)4)12-6-11(15)8-14/h9-12,14-15H,5-8H2,1-4H3. The van der Waals surface area contributed by atoms with Crippen LogP contribution in [-0.2, 0) is 0 Å². The third-order valence-corrected chi connectivity index (χ3v) is 2.19. The Balaban J connectivity index is 3.89. The van der Waals surface area contributed by atoms with Crippen LogP contribution < -0.4 is 5.32 Å². The summed E-state index contributed by atoms with van der Waals surface area (Å²) in [5.74, 6) is 0.633. The molecule has 0 aromatic carbocycles. The van der Waals surface area contributed by atoms with Crippen LogP contribution >= 0.6 is 0 Å². The van der Waals surface area contributed by atoms with Crippen LogP contribution in [0.2, 0.25) is 0 Å². The lowest BCUT2D eigenvalue weighted by Crippen LogP contribution is -2.43. The van der Waals surface area contributed by atoms with Gasteiger partial charge in [-0.25, -0.2) is 0 Å². The predicted octanol–water partition coefficient (Wildman–Crippen LogP) is -0.0945. The smallest absolute Gasteiger partial charge is 0.0895 e. The number of nitrogens with zero attached hydrogens (tertiary/aromatic N) is 1. The van der Waals surface area contributed by atoms with E-state index in [0.717, 1.165) is 13.0 Å². The Morgan fingerprint density at radius 3 is 2.27 bits per heavy atom. The summed E-state index contributed by atoms with van der Waals surface area (Å²) in [7, 11) is 4.08. The minimum Gasteiger partial charge on any atom is -0.394 e. The van der Waals surface area contributed by atoms with Gasteiger partial charge in [-0.05, 0) is 26.4 Å². The van der Waals surface area contributed by atoms with Crippen LogP contribution in [0, 0.1) is 5.92 Å². The van der Waals surface area contributed by atoms with E-state index in [1.807, 2.05) is 14.1 Å². The van der Waals surface area contributed by atoms with Crippen LogP contribution in [0.5, 0.6) is 0 Å². The van der Waals surface area contributed by atoms with Gasteiger partial charge in [-0.3, -0.25) is 0 Å². The Morgan fingerprint density at radius 2 is 1.87 bits per heavy atom. The lowest BCUT2D eigenvalue weighted by atomic mass is 10.0. The molecule has 0 aliphatic carbocycles. The fraction of sp³-hybridized carbons (Fsp3) is 1.00. The lowest BCUT2D eigenvalue weighted by molar-refractivity contribution is 0.0898. The molecule has 0 fully saturated rings. The molecule has 0 amide bonds. The van der Waals surface area contributed by atoms with Gasteiger partial charge < -0.3 is 20.4 Å². The van der Waals surface area contributed by atoms with Gasteiger partial charge >= 0.3 is 0 Å². The highest BCUT2D eigenvalue weighted by Crippen LogP contribution is 2.05. The first kappa shape index (κ1) is 14.8. The molecule has 0 aliphatic heterocycles. The van der Waals surface area contributed by atoms with E-state index in [4.69, 9.17) is 5.11 Å². The molecule has 4 heteroatoms. The topological polar surface area (TPSA) is 55.7 Å². The fourth-order valence-electron chi connectivity index (χ4n) is 1.60. The van der Waals surface area contributed by atoms with Gasteiger partial charge in [0.1, 0.15) is 0 Å². The van der Waals surface area contributed by atoms with E-state index in [-0.39, 0.29) is 6.61 Å². The second kappa shape index (κ2) is 8.05. The summed E-state index contributed by atoms with van der Waals surface area (Å²) >= 11 is 0. The maximum atomic E-state index is 9.25. The van der Waals surface area contributed by atoms with Crippen molar-refractivity contribution in [2.45, 2.75) is 32.4 Å². The predicted molar refractivity (Wildman–Crippen MR) is 62.9 cm³/mol. The first-order chi connectivity index (χ1) is 6.95. The molecule has 2 unspecified atom stereocenters. The molecular formula is C11H26N2O2. The molecule has 0 saturated heterocycles. The second-order valence-corrected chi connectivity index (χ2v) is 4.83. The van der Waals surface area contributed by atoms with Gasteiger partial charge in [-0.2, -0.15) is 0 Å². The first-order valence-corrected chi connectivity index (χ1v) is 5.62. The molecule has 92 valence electrons. The molecule has 0 aliphatic rings. The van der Waals surface area contributed by atoms with E-state index >= 15 is 0 Å². The maximum absolute atomic E-state index is 9.25. The molecule has 0 rings (SSSR count). The Morgan fingerprint density at radius 1 is 1.27 bits per heavy atom. The number of aliphatic hydroxyl groups is 2. The van der Waals surface area contributed by atoms with Crippen molar-refractivity contribution in [2.75, 3.05) is 33.8 Å². The zero-order chi connectivity index (χ0) is 11.8. The molecule has 0 bridgehead atoms. The lowest BCUT2D eigenvalue weighted by Gasteiger charge is -2.24. The van der Waals surface area contributed by atoms with Crippen LogP contribution in [0.3, 0.4) is 0 Å². The summed E-state index contributed by atoms with van der Waals surface area (Å²) < 4.78 is 0. The number of hydrogen-bond donors (Lipinski definition) is 3. The largest absolute Gasteiger partial charge is 0.394 e. The molecule has 0 aromatic heterocycles. The van der Waals surface area contributed by atoms with Crippen LogP contribution in [0.1, 0.15) is 20.3 Å². The van der Waals surface area contributed by atoms with E-state index in [0.29, 0.717) is 18.5 Å².